The molecule has 0 bridgehead atoms. The fraction of sp³-hybridized carbons (Fsp3) is 0.294. The third kappa shape index (κ3) is 5.50. The van der Waals surface area contributed by atoms with Gasteiger partial charge in [-0.1, -0.05) is 38.1 Å². The van der Waals surface area contributed by atoms with Gasteiger partial charge in [-0.25, -0.2) is 0 Å². The molecule has 2 rings (SSSR count). The Morgan fingerprint density at radius 3 is 2.10 bits per heavy atom. The minimum absolute atomic E-state index is 0.252. The number of rotatable bonds is 3. The molecule has 114 valence electrons. The van der Waals surface area contributed by atoms with Crippen LogP contribution in [0.2, 0.25) is 0 Å². The van der Waals surface area contributed by atoms with Gasteiger partial charge < -0.3 is 4.74 Å². The number of hydrogen-bond acceptors (Lipinski definition) is 1. The first-order valence-electron chi connectivity index (χ1n) is 6.81. The van der Waals surface area contributed by atoms with E-state index in [0.717, 1.165) is 17.7 Å². The molecule has 0 aromatic heterocycles. The number of alkyl halides is 3. The van der Waals surface area contributed by atoms with Crippen molar-refractivity contribution in [1.29, 1.82) is 0 Å². The lowest BCUT2D eigenvalue weighted by Gasteiger charge is -2.09. The molecular formula is C17H19F3O. The smallest absolute Gasteiger partial charge is 0.416 e. The number of halogens is 3. The molecule has 0 atom stereocenters. The highest BCUT2D eigenvalue weighted by Gasteiger charge is 2.29. The summed E-state index contributed by atoms with van der Waals surface area (Å²) in [5.41, 5.74) is 1.13. The SMILES string of the molecule is CC.Cc1cccc(OCc2ccc(C(F)(F)F)cc2)c1. The van der Waals surface area contributed by atoms with Crippen molar-refractivity contribution in [3.8, 4) is 5.75 Å². The first-order chi connectivity index (χ1) is 9.95. The number of ether oxygens (including phenoxy) is 1. The van der Waals surface area contributed by atoms with Crippen LogP contribution in [0.25, 0.3) is 0 Å². The van der Waals surface area contributed by atoms with Crippen molar-refractivity contribution in [3.63, 3.8) is 0 Å². The fourth-order valence-electron chi connectivity index (χ4n) is 1.66. The monoisotopic (exact) mass is 296 g/mol. The van der Waals surface area contributed by atoms with Crippen molar-refractivity contribution in [1.82, 2.24) is 0 Å². The molecular weight excluding hydrogens is 277 g/mol. The lowest BCUT2D eigenvalue weighted by Crippen LogP contribution is -2.05. The van der Waals surface area contributed by atoms with Crippen LogP contribution in [0.1, 0.15) is 30.5 Å². The second kappa shape index (κ2) is 7.72. The molecule has 0 aliphatic carbocycles. The fourth-order valence-corrected chi connectivity index (χ4v) is 1.66. The van der Waals surface area contributed by atoms with E-state index in [-0.39, 0.29) is 6.61 Å². The second-order valence-electron chi connectivity index (χ2n) is 4.30. The summed E-state index contributed by atoms with van der Waals surface area (Å²) in [6, 6.07) is 12.5. The zero-order valence-corrected chi connectivity index (χ0v) is 12.4. The van der Waals surface area contributed by atoms with E-state index in [9.17, 15) is 13.2 Å². The van der Waals surface area contributed by atoms with Gasteiger partial charge in [0.2, 0.25) is 0 Å². The van der Waals surface area contributed by atoms with Gasteiger partial charge in [0.15, 0.2) is 0 Å². The molecule has 0 unspecified atom stereocenters. The van der Waals surface area contributed by atoms with E-state index in [0.29, 0.717) is 11.3 Å². The average Bonchev–Trinajstić information content (AvgIpc) is 2.47. The van der Waals surface area contributed by atoms with Gasteiger partial charge in [0.05, 0.1) is 5.56 Å². The zero-order valence-electron chi connectivity index (χ0n) is 12.4. The van der Waals surface area contributed by atoms with Crippen LogP contribution in [0.3, 0.4) is 0 Å². The molecule has 4 heteroatoms. The molecule has 21 heavy (non-hydrogen) atoms. The third-order valence-electron chi connectivity index (χ3n) is 2.68. The Kier molecular flexibility index (Phi) is 6.28. The van der Waals surface area contributed by atoms with Crippen molar-refractivity contribution in [2.45, 2.75) is 33.6 Å². The molecule has 0 heterocycles. The summed E-state index contributed by atoms with van der Waals surface area (Å²) in [6.07, 6.45) is -4.30. The van der Waals surface area contributed by atoms with Crippen molar-refractivity contribution >= 4 is 0 Å². The molecule has 0 radical (unpaired) electrons. The van der Waals surface area contributed by atoms with Gasteiger partial charge in [-0.3, -0.25) is 0 Å². The van der Waals surface area contributed by atoms with Crippen molar-refractivity contribution in [2.75, 3.05) is 0 Å². The first kappa shape index (κ1) is 17.1. The van der Waals surface area contributed by atoms with Gasteiger partial charge in [-0.05, 0) is 42.3 Å². The minimum Gasteiger partial charge on any atom is -0.489 e. The van der Waals surface area contributed by atoms with E-state index in [1.54, 1.807) is 0 Å². The molecule has 0 fully saturated rings. The highest BCUT2D eigenvalue weighted by atomic mass is 19.4. The van der Waals surface area contributed by atoms with Gasteiger partial charge >= 0.3 is 6.18 Å². The van der Waals surface area contributed by atoms with E-state index in [2.05, 4.69) is 0 Å². The summed E-state index contributed by atoms with van der Waals surface area (Å²) >= 11 is 0. The summed E-state index contributed by atoms with van der Waals surface area (Å²) in [5.74, 6) is 0.708. The molecule has 2 aromatic rings. The molecule has 2 aromatic carbocycles. The minimum atomic E-state index is -4.30. The van der Waals surface area contributed by atoms with Crippen LogP contribution in [0.15, 0.2) is 48.5 Å². The standard InChI is InChI=1S/C15H13F3O.C2H6/c1-11-3-2-4-14(9-11)19-10-12-5-7-13(8-6-12)15(16,17)18;1-2/h2-9H,10H2,1H3;1-2H3. The Balaban J connectivity index is 0.00000106. The maximum Gasteiger partial charge on any atom is 0.416 e. The largest absolute Gasteiger partial charge is 0.489 e. The highest BCUT2D eigenvalue weighted by molar-refractivity contribution is 5.28. The summed E-state index contributed by atoms with van der Waals surface area (Å²) in [7, 11) is 0. The lowest BCUT2D eigenvalue weighted by atomic mass is 10.1. The van der Waals surface area contributed by atoms with E-state index >= 15 is 0 Å². The van der Waals surface area contributed by atoms with Crippen LogP contribution < -0.4 is 4.74 Å². The normalized spacial score (nSPS) is 10.6. The predicted octanol–water partition coefficient (Wildman–Crippen LogP) is 5.62. The maximum absolute atomic E-state index is 12.4. The van der Waals surface area contributed by atoms with Crippen LogP contribution in [0.5, 0.6) is 5.75 Å². The summed E-state index contributed by atoms with van der Waals surface area (Å²) in [4.78, 5) is 0. The Bertz CT molecular complexity index is 545. The van der Waals surface area contributed by atoms with E-state index in [1.165, 1.54) is 12.1 Å². The van der Waals surface area contributed by atoms with Gasteiger partial charge in [0.1, 0.15) is 12.4 Å². The van der Waals surface area contributed by atoms with Crippen molar-refractivity contribution in [2.24, 2.45) is 0 Å². The Morgan fingerprint density at radius 2 is 1.57 bits per heavy atom. The number of hydrogen-bond donors (Lipinski definition) is 0. The van der Waals surface area contributed by atoms with Crippen LogP contribution in [-0.2, 0) is 12.8 Å². The van der Waals surface area contributed by atoms with Crippen LogP contribution in [-0.4, -0.2) is 0 Å². The van der Waals surface area contributed by atoms with Crippen LogP contribution in [0, 0.1) is 6.92 Å². The first-order valence-corrected chi connectivity index (χ1v) is 6.81. The molecule has 0 aliphatic rings. The Hall–Kier alpha value is -1.97. The molecule has 0 N–H and O–H groups in total. The summed E-state index contributed by atoms with van der Waals surface area (Å²) in [6.45, 7) is 6.20. The Labute approximate surface area is 123 Å². The second-order valence-corrected chi connectivity index (χ2v) is 4.30. The molecule has 0 aliphatic heterocycles. The van der Waals surface area contributed by atoms with E-state index in [4.69, 9.17) is 4.74 Å². The zero-order chi connectivity index (χ0) is 15.9. The van der Waals surface area contributed by atoms with Gasteiger partial charge in [-0.2, -0.15) is 13.2 Å². The highest BCUT2D eigenvalue weighted by Crippen LogP contribution is 2.29. The van der Waals surface area contributed by atoms with Gasteiger partial charge in [0.25, 0.3) is 0 Å². The molecule has 1 nitrogen and oxygen atoms in total. The van der Waals surface area contributed by atoms with E-state index in [1.807, 2.05) is 45.0 Å². The molecule has 0 amide bonds. The van der Waals surface area contributed by atoms with Gasteiger partial charge in [0, 0.05) is 0 Å². The summed E-state index contributed by atoms with van der Waals surface area (Å²) < 4.78 is 42.7. The average molecular weight is 296 g/mol. The molecule has 0 saturated heterocycles. The van der Waals surface area contributed by atoms with Crippen molar-refractivity contribution in [3.05, 3.63) is 65.2 Å². The molecule has 0 spiro atoms. The van der Waals surface area contributed by atoms with Gasteiger partial charge in [-0.15, -0.1) is 0 Å². The van der Waals surface area contributed by atoms with E-state index < -0.39 is 11.7 Å². The number of aryl methyl sites for hydroxylation is 1. The quantitative estimate of drug-likeness (QED) is 0.714. The van der Waals surface area contributed by atoms with Crippen LogP contribution in [0.4, 0.5) is 13.2 Å². The molecule has 0 saturated carbocycles. The Morgan fingerprint density at radius 1 is 0.952 bits per heavy atom. The maximum atomic E-state index is 12.4. The van der Waals surface area contributed by atoms with Crippen LogP contribution >= 0.6 is 0 Å². The third-order valence-corrected chi connectivity index (χ3v) is 2.68. The number of benzene rings is 2. The lowest BCUT2D eigenvalue weighted by molar-refractivity contribution is -0.137. The predicted molar refractivity (Wildman–Crippen MR) is 78.3 cm³/mol. The topological polar surface area (TPSA) is 9.23 Å². The summed E-state index contributed by atoms with van der Waals surface area (Å²) in [5, 5.41) is 0. The van der Waals surface area contributed by atoms with Crippen molar-refractivity contribution < 1.29 is 17.9 Å².